The van der Waals surface area contributed by atoms with Gasteiger partial charge in [-0.15, -0.1) is 0 Å². The molecule has 5 nitrogen and oxygen atoms in total. The normalized spacial score (nSPS) is 19.5. The Morgan fingerprint density at radius 2 is 2.13 bits per heavy atom. The summed E-state index contributed by atoms with van der Waals surface area (Å²) in [6, 6.07) is 3.92. The third-order valence-corrected chi connectivity index (χ3v) is 6.06. The number of sulfonamides is 1. The summed E-state index contributed by atoms with van der Waals surface area (Å²) in [6.45, 7) is 3.98. The summed E-state index contributed by atoms with van der Waals surface area (Å²) in [5, 5.41) is 2.69. The van der Waals surface area contributed by atoms with E-state index in [0.717, 1.165) is 19.3 Å². The molecule has 128 valence electrons. The third-order valence-electron chi connectivity index (χ3n) is 4.10. The largest absolute Gasteiger partial charge is 0.356 e. The molecule has 1 aliphatic heterocycles. The smallest absolute Gasteiger partial charge is 0.246 e. The van der Waals surface area contributed by atoms with Crippen molar-refractivity contribution in [1.82, 2.24) is 9.62 Å². The Morgan fingerprint density at radius 3 is 2.83 bits per heavy atom. The first-order chi connectivity index (χ1) is 10.8. The zero-order valence-corrected chi connectivity index (χ0v) is 14.3. The molecule has 1 aliphatic rings. The van der Waals surface area contributed by atoms with Crippen LogP contribution in [0.3, 0.4) is 0 Å². The minimum absolute atomic E-state index is 0.139. The van der Waals surface area contributed by atoms with Crippen molar-refractivity contribution in [1.29, 1.82) is 0 Å². The van der Waals surface area contributed by atoms with Crippen molar-refractivity contribution in [3.05, 3.63) is 29.6 Å². The van der Waals surface area contributed by atoms with Crippen molar-refractivity contribution in [3.8, 4) is 0 Å². The average Bonchev–Trinajstić information content (AvgIpc) is 2.49. The maximum atomic E-state index is 14.0. The molecule has 0 spiro atoms. The van der Waals surface area contributed by atoms with Gasteiger partial charge < -0.3 is 5.32 Å². The number of hydrogen-bond acceptors (Lipinski definition) is 3. The lowest BCUT2D eigenvalue weighted by Gasteiger charge is -2.34. The second kappa shape index (κ2) is 7.40. The highest BCUT2D eigenvalue weighted by atomic mass is 32.2. The molecule has 0 bridgehead atoms. The van der Waals surface area contributed by atoms with E-state index in [-0.39, 0.29) is 16.8 Å². The van der Waals surface area contributed by atoms with E-state index < -0.39 is 15.8 Å². The van der Waals surface area contributed by atoms with Crippen molar-refractivity contribution in [2.45, 2.75) is 50.5 Å². The number of aryl methyl sites for hydroxylation is 1. The fourth-order valence-electron chi connectivity index (χ4n) is 2.93. The van der Waals surface area contributed by atoms with Crippen molar-refractivity contribution in [2.24, 2.45) is 0 Å². The van der Waals surface area contributed by atoms with Gasteiger partial charge in [0.15, 0.2) is 0 Å². The van der Waals surface area contributed by atoms with Gasteiger partial charge >= 0.3 is 0 Å². The van der Waals surface area contributed by atoms with E-state index in [9.17, 15) is 17.6 Å². The number of rotatable bonds is 5. The van der Waals surface area contributed by atoms with Crippen LogP contribution >= 0.6 is 0 Å². The van der Waals surface area contributed by atoms with Gasteiger partial charge in [0.05, 0.1) is 0 Å². The zero-order chi connectivity index (χ0) is 17.0. The number of hydrogen-bond donors (Lipinski definition) is 1. The number of nitrogens with one attached hydrogen (secondary N) is 1. The predicted molar refractivity (Wildman–Crippen MR) is 86.0 cm³/mol. The Bertz CT molecular complexity index is 676. The third kappa shape index (κ3) is 4.29. The van der Waals surface area contributed by atoms with Gasteiger partial charge in [-0.25, -0.2) is 12.8 Å². The maximum absolute atomic E-state index is 14.0. The van der Waals surface area contributed by atoms with Gasteiger partial charge in [-0.1, -0.05) is 12.5 Å². The molecular weight excluding hydrogens is 319 g/mol. The number of benzene rings is 1. The quantitative estimate of drug-likeness (QED) is 0.892. The SMILES string of the molecule is CC(=O)NCC[C@H]1CCCCN1S(=O)(=O)c1cc(C)ccc1F. The van der Waals surface area contributed by atoms with Gasteiger partial charge in [0.2, 0.25) is 15.9 Å². The molecule has 0 aromatic heterocycles. The monoisotopic (exact) mass is 342 g/mol. The standard InChI is InChI=1S/C16H23FN2O3S/c1-12-6-7-15(17)16(11-12)23(21,22)19-10-4-3-5-14(19)8-9-18-13(2)20/h6-7,11,14H,3-5,8-10H2,1-2H3,(H,18,20)/t14-/m1/s1. The van der Waals surface area contributed by atoms with Crippen LogP contribution in [-0.4, -0.2) is 37.8 Å². The maximum Gasteiger partial charge on any atom is 0.246 e. The molecule has 7 heteroatoms. The lowest BCUT2D eigenvalue weighted by atomic mass is 10.0. The Kier molecular flexibility index (Phi) is 5.75. The molecule has 1 aromatic rings. The molecule has 1 atom stereocenters. The number of carbonyl (C=O) groups is 1. The topological polar surface area (TPSA) is 66.5 Å². The van der Waals surface area contributed by atoms with Crippen molar-refractivity contribution < 1.29 is 17.6 Å². The summed E-state index contributed by atoms with van der Waals surface area (Å²) in [5.74, 6) is -0.860. The van der Waals surface area contributed by atoms with E-state index in [4.69, 9.17) is 0 Å². The fourth-order valence-corrected chi connectivity index (χ4v) is 4.80. The molecule has 1 heterocycles. The summed E-state index contributed by atoms with van der Waals surface area (Å²) >= 11 is 0. The van der Waals surface area contributed by atoms with Gasteiger partial charge in [-0.2, -0.15) is 4.31 Å². The molecule has 0 unspecified atom stereocenters. The number of amides is 1. The molecule has 1 amide bonds. The first-order valence-electron chi connectivity index (χ1n) is 7.85. The minimum Gasteiger partial charge on any atom is -0.356 e. The molecule has 1 saturated heterocycles. The van der Waals surface area contributed by atoms with Crippen molar-refractivity contribution in [2.75, 3.05) is 13.1 Å². The van der Waals surface area contributed by atoms with Gasteiger partial charge in [0.1, 0.15) is 10.7 Å². The number of nitrogens with zero attached hydrogens (tertiary/aromatic N) is 1. The number of halogens is 1. The molecule has 1 aromatic carbocycles. The van der Waals surface area contributed by atoms with Crippen LogP contribution in [0.2, 0.25) is 0 Å². The van der Waals surface area contributed by atoms with Crippen molar-refractivity contribution >= 4 is 15.9 Å². The predicted octanol–water partition coefficient (Wildman–Crippen LogP) is 2.20. The second-order valence-corrected chi connectivity index (χ2v) is 7.83. The number of carbonyl (C=O) groups excluding carboxylic acids is 1. The van der Waals surface area contributed by atoms with Crippen molar-refractivity contribution in [3.63, 3.8) is 0 Å². The van der Waals surface area contributed by atoms with Crippen LogP contribution in [-0.2, 0) is 14.8 Å². The highest BCUT2D eigenvalue weighted by Gasteiger charge is 2.34. The molecule has 2 rings (SSSR count). The average molecular weight is 342 g/mol. The molecule has 23 heavy (non-hydrogen) atoms. The summed E-state index contributed by atoms with van der Waals surface area (Å²) in [4.78, 5) is 10.7. The molecular formula is C16H23FN2O3S. The van der Waals surface area contributed by atoms with E-state index in [1.165, 1.54) is 23.4 Å². The summed E-state index contributed by atoms with van der Waals surface area (Å²) < 4.78 is 41.2. The molecule has 1 N–H and O–H groups in total. The van der Waals surface area contributed by atoms with Crippen LogP contribution in [0.4, 0.5) is 4.39 Å². The van der Waals surface area contributed by atoms with Crippen LogP contribution < -0.4 is 5.32 Å². The Balaban J connectivity index is 2.24. The lowest BCUT2D eigenvalue weighted by molar-refractivity contribution is -0.119. The summed E-state index contributed by atoms with van der Waals surface area (Å²) in [7, 11) is -3.87. The van der Waals surface area contributed by atoms with E-state index >= 15 is 0 Å². The Labute approximate surface area is 136 Å². The molecule has 0 aliphatic carbocycles. The van der Waals surface area contributed by atoms with Gasteiger partial charge in [-0.05, 0) is 43.9 Å². The fraction of sp³-hybridized carbons (Fsp3) is 0.562. The van der Waals surface area contributed by atoms with E-state index in [1.54, 1.807) is 13.0 Å². The zero-order valence-electron chi connectivity index (χ0n) is 13.5. The van der Waals surface area contributed by atoms with Crippen LogP contribution in [0.1, 0.15) is 38.2 Å². The van der Waals surface area contributed by atoms with Gasteiger partial charge in [0, 0.05) is 26.1 Å². The number of piperidine rings is 1. The van der Waals surface area contributed by atoms with Crippen LogP contribution in [0, 0.1) is 12.7 Å². The summed E-state index contributed by atoms with van der Waals surface area (Å²) in [5.41, 5.74) is 0.705. The minimum atomic E-state index is -3.87. The van der Waals surface area contributed by atoms with E-state index in [1.807, 2.05) is 0 Å². The molecule has 0 saturated carbocycles. The highest BCUT2D eigenvalue weighted by Crippen LogP contribution is 2.28. The van der Waals surface area contributed by atoms with Gasteiger partial charge in [-0.3, -0.25) is 4.79 Å². The Morgan fingerprint density at radius 1 is 1.39 bits per heavy atom. The van der Waals surface area contributed by atoms with Crippen LogP contribution in [0.25, 0.3) is 0 Å². The summed E-state index contributed by atoms with van der Waals surface area (Å²) in [6.07, 6.45) is 2.97. The molecule has 1 fully saturated rings. The van der Waals surface area contributed by atoms with Gasteiger partial charge in [0.25, 0.3) is 0 Å². The molecule has 0 radical (unpaired) electrons. The highest BCUT2D eigenvalue weighted by molar-refractivity contribution is 7.89. The first-order valence-corrected chi connectivity index (χ1v) is 9.29. The first kappa shape index (κ1) is 17.9. The lowest BCUT2D eigenvalue weighted by Crippen LogP contribution is -2.45. The van der Waals surface area contributed by atoms with Crippen LogP contribution in [0.5, 0.6) is 0 Å². The van der Waals surface area contributed by atoms with Crippen LogP contribution in [0.15, 0.2) is 23.1 Å². The van der Waals surface area contributed by atoms with E-state index in [2.05, 4.69) is 5.32 Å². The second-order valence-electron chi connectivity index (χ2n) is 5.97. The van der Waals surface area contributed by atoms with E-state index in [0.29, 0.717) is 25.1 Å². The Hall–Kier alpha value is -1.47.